The molecule has 6 heteroatoms. The molecule has 108 valence electrons. The molecule has 0 heterocycles. The molecule has 1 unspecified atom stereocenters. The molecule has 1 aliphatic rings. The molecule has 1 aliphatic carbocycles. The average molecular weight is 279 g/mol. The maximum atomic E-state index is 11.6. The molecule has 20 heavy (non-hydrogen) atoms. The minimum absolute atomic E-state index is 0.000171. The van der Waals surface area contributed by atoms with Crippen molar-refractivity contribution >= 4 is 11.9 Å². The summed E-state index contributed by atoms with van der Waals surface area (Å²) in [6.45, 7) is 0. The van der Waals surface area contributed by atoms with Gasteiger partial charge in [-0.05, 0) is 37.0 Å². The Bertz CT molecular complexity index is 524. The van der Waals surface area contributed by atoms with E-state index in [-0.39, 0.29) is 18.3 Å². The third-order valence-electron chi connectivity index (χ3n) is 3.12. The van der Waals surface area contributed by atoms with Gasteiger partial charge in [0, 0.05) is 0 Å². The van der Waals surface area contributed by atoms with Crippen LogP contribution in [0, 0.1) is 5.92 Å². The SMILES string of the molecule is COc1cc(CC(N)C(=O)O)ccc1OC(=O)C1CC1. The van der Waals surface area contributed by atoms with E-state index in [9.17, 15) is 9.59 Å². The number of hydrogen-bond donors (Lipinski definition) is 2. The van der Waals surface area contributed by atoms with Crippen LogP contribution >= 0.6 is 0 Å². The summed E-state index contributed by atoms with van der Waals surface area (Å²) in [6, 6.07) is 3.95. The van der Waals surface area contributed by atoms with E-state index in [0.29, 0.717) is 17.1 Å². The summed E-state index contributed by atoms with van der Waals surface area (Å²) in [7, 11) is 1.46. The van der Waals surface area contributed by atoms with Gasteiger partial charge < -0.3 is 20.3 Å². The van der Waals surface area contributed by atoms with Crippen molar-refractivity contribution in [3.05, 3.63) is 23.8 Å². The summed E-state index contributed by atoms with van der Waals surface area (Å²) in [5.74, 6) is -0.572. The fraction of sp³-hybridized carbons (Fsp3) is 0.429. The third-order valence-corrected chi connectivity index (χ3v) is 3.12. The number of aliphatic carboxylic acids is 1. The van der Waals surface area contributed by atoms with Crippen molar-refractivity contribution < 1.29 is 24.2 Å². The molecule has 0 spiro atoms. The molecule has 2 rings (SSSR count). The Morgan fingerprint density at radius 3 is 2.65 bits per heavy atom. The number of carbonyl (C=O) groups is 2. The van der Waals surface area contributed by atoms with Crippen LogP contribution in [0.4, 0.5) is 0 Å². The van der Waals surface area contributed by atoms with Crippen molar-refractivity contribution in [2.75, 3.05) is 7.11 Å². The van der Waals surface area contributed by atoms with E-state index in [1.54, 1.807) is 18.2 Å². The molecule has 1 aromatic rings. The Morgan fingerprint density at radius 1 is 1.40 bits per heavy atom. The molecule has 0 radical (unpaired) electrons. The Hall–Kier alpha value is -2.08. The van der Waals surface area contributed by atoms with E-state index >= 15 is 0 Å². The van der Waals surface area contributed by atoms with Gasteiger partial charge in [0.1, 0.15) is 6.04 Å². The molecule has 0 bridgehead atoms. The van der Waals surface area contributed by atoms with Gasteiger partial charge in [-0.25, -0.2) is 0 Å². The Balaban J connectivity index is 2.10. The quantitative estimate of drug-likeness (QED) is 0.594. The Kier molecular flexibility index (Phi) is 4.24. The lowest BCUT2D eigenvalue weighted by atomic mass is 10.1. The van der Waals surface area contributed by atoms with Crippen LogP contribution in [-0.4, -0.2) is 30.2 Å². The zero-order valence-electron chi connectivity index (χ0n) is 11.2. The van der Waals surface area contributed by atoms with Gasteiger partial charge in [0.05, 0.1) is 13.0 Å². The Morgan fingerprint density at radius 2 is 2.10 bits per heavy atom. The fourth-order valence-corrected chi connectivity index (χ4v) is 1.78. The van der Waals surface area contributed by atoms with E-state index in [2.05, 4.69) is 0 Å². The van der Waals surface area contributed by atoms with Crippen LogP contribution in [0.25, 0.3) is 0 Å². The first kappa shape index (κ1) is 14.3. The normalized spacial score (nSPS) is 15.5. The minimum atomic E-state index is -1.06. The standard InChI is InChI=1S/C14H17NO5/c1-19-12-7-8(6-10(15)13(16)17)2-5-11(12)20-14(18)9-3-4-9/h2,5,7,9-10H,3-4,6,15H2,1H3,(H,16,17). The number of esters is 1. The predicted molar refractivity (Wildman–Crippen MR) is 70.7 cm³/mol. The lowest BCUT2D eigenvalue weighted by Crippen LogP contribution is -2.32. The topological polar surface area (TPSA) is 98.8 Å². The predicted octanol–water partition coefficient (Wildman–Crippen LogP) is 0.965. The van der Waals surface area contributed by atoms with E-state index in [4.69, 9.17) is 20.3 Å². The van der Waals surface area contributed by atoms with Crippen molar-refractivity contribution in [2.24, 2.45) is 11.7 Å². The summed E-state index contributed by atoms with van der Waals surface area (Å²) in [4.78, 5) is 22.3. The van der Waals surface area contributed by atoms with Crippen LogP contribution in [0.2, 0.25) is 0 Å². The second-order valence-corrected chi connectivity index (χ2v) is 4.83. The van der Waals surface area contributed by atoms with Crippen molar-refractivity contribution in [1.82, 2.24) is 0 Å². The van der Waals surface area contributed by atoms with Crippen LogP contribution in [0.15, 0.2) is 18.2 Å². The zero-order chi connectivity index (χ0) is 14.7. The molecular weight excluding hydrogens is 262 g/mol. The number of rotatable bonds is 6. The number of hydrogen-bond acceptors (Lipinski definition) is 5. The summed E-state index contributed by atoms with van der Waals surface area (Å²) in [5, 5.41) is 8.79. The van der Waals surface area contributed by atoms with E-state index in [1.807, 2.05) is 0 Å². The van der Waals surface area contributed by atoms with Gasteiger partial charge in [0.2, 0.25) is 0 Å². The van der Waals surface area contributed by atoms with E-state index in [0.717, 1.165) is 12.8 Å². The maximum Gasteiger partial charge on any atom is 0.320 e. The first-order valence-corrected chi connectivity index (χ1v) is 6.38. The van der Waals surface area contributed by atoms with Gasteiger partial charge in [-0.2, -0.15) is 0 Å². The maximum absolute atomic E-state index is 11.6. The molecule has 6 nitrogen and oxygen atoms in total. The summed E-state index contributed by atoms with van der Waals surface area (Å²) in [6.07, 6.45) is 1.92. The highest BCUT2D eigenvalue weighted by atomic mass is 16.6. The molecule has 0 aromatic heterocycles. The monoisotopic (exact) mass is 279 g/mol. The average Bonchev–Trinajstić information content (AvgIpc) is 3.24. The molecule has 0 amide bonds. The van der Waals surface area contributed by atoms with Gasteiger partial charge in [-0.1, -0.05) is 6.07 Å². The fourth-order valence-electron chi connectivity index (χ4n) is 1.78. The van der Waals surface area contributed by atoms with Gasteiger partial charge in [-0.3, -0.25) is 9.59 Å². The highest BCUT2D eigenvalue weighted by molar-refractivity contribution is 5.78. The molecule has 0 aliphatic heterocycles. The number of nitrogens with two attached hydrogens (primary N) is 1. The van der Waals surface area contributed by atoms with Gasteiger partial charge in [0.15, 0.2) is 11.5 Å². The van der Waals surface area contributed by atoms with Crippen molar-refractivity contribution in [1.29, 1.82) is 0 Å². The van der Waals surface area contributed by atoms with Crippen LogP contribution < -0.4 is 15.2 Å². The Labute approximate surface area is 116 Å². The van der Waals surface area contributed by atoms with Crippen molar-refractivity contribution in [3.8, 4) is 11.5 Å². The van der Waals surface area contributed by atoms with Gasteiger partial charge in [-0.15, -0.1) is 0 Å². The molecule has 3 N–H and O–H groups in total. The second kappa shape index (κ2) is 5.92. The molecule has 1 atom stereocenters. The number of carboxylic acid groups (broad SMARTS) is 1. The molecule has 0 saturated heterocycles. The van der Waals surface area contributed by atoms with Crippen molar-refractivity contribution in [3.63, 3.8) is 0 Å². The van der Waals surface area contributed by atoms with Crippen LogP contribution in [0.3, 0.4) is 0 Å². The van der Waals surface area contributed by atoms with Crippen LogP contribution in [0.1, 0.15) is 18.4 Å². The summed E-state index contributed by atoms with van der Waals surface area (Å²) < 4.78 is 10.4. The highest BCUT2D eigenvalue weighted by Crippen LogP contribution is 2.34. The number of methoxy groups -OCH3 is 1. The van der Waals surface area contributed by atoms with Crippen LogP contribution in [-0.2, 0) is 16.0 Å². The first-order valence-electron chi connectivity index (χ1n) is 6.38. The smallest absolute Gasteiger partial charge is 0.320 e. The molecular formula is C14H17NO5. The zero-order valence-corrected chi connectivity index (χ0v) is 11.2. The molecule has 1 aromatic carbocycles. The summed E-state index contributed by atoms with van der Waals surface area (Å²) >= 11 is 0. The minimum Gasteiger partial charge on any atom is -0.493 e. The van der Waals surface area contributed by atoms with Crippen LogP contribution in [0.5, 0.6) is 11.5 Å². The van der Waals surface area contributed by atoms with Crippen molar-refractivity contribution in [2.45, 2.75) is 25.3 Å². The second-order valence-electron chi connectivity index (χ2n) is 4.83. The lowest BCUT2D eigenvalue weighted by Gasteiger charge is -2.12. The van der Waals surface area contributed by atoms with E-state index in [1.165, 1.54) is 7.11 Å². The number of benzene rings is 1. The van der Waals surface area contributed by atoms with E-state index < -0.39 is 12.0 Å². The molecule has 1 fully saturated rings. The third kappa shape index (κ3) is 3.48. The summed E-state index contributed by atoms with van der Waals surface area (Å²) in [5.41, 5.74) is 6.19. The highest BCUT2D eigenvalue weighted by Gasteiger charge is 2.32. The molecule has 1 saturated carbocycles. The van der Waals surface area contributed by atoms with Gasteiger partial charge in [0.25, 0.3) is 0 Å². The first-order chi connectivity index (χ1) is 9.51. The number of ether oxygens (including phenoxy) is 2. The largest absolute Gasteiger partial charge is 0.493 e. The number of carbonyl (C=O) groups excluding carboxylic acids is 1. The lowest BCUT2D eigenvalue weighted by molar-refractivity contribution is -0.138. The number of carboxylic acids is 1. The van der Waals surface area contributed by atoms with Gasteiger partial charge >= 0.3 is 11.9 Å².